The second kappa shape index (κ2) is 5.02. The predicted octanol–water partition coefficient (Wildman–Crippen LogP) is 0.586. The summed E-state index contributed by atoms with van der Waals surface area (Å²) in [7, 11) is 0. The van der Waals surface area contributed by atoms with Gasteiger partial charge in [0.1, 0.15) is 0 Å². The van der Waals surface area contributed by atoms with Crippen LogP contribution in [0.2, 0.25) is 0 Å². The van der Waals surface area contributed by atoms with Gasteiger partial charge in [-0.1, -0.05) is 12.2 Å². The fourth-order valence-corrected chi connectivity index (χ4v) is 3.49. The Morgan fingerprint density at radius 3 is 2.61 bits per heavy atom. The SMILES string of the molecule is NC1C=CC(C(=O)N2CCC(N3CCCC3)C2)C1. The van der Waals surface area contributed by atoms with Crippen molar-refractivity contribution in [1.82, 2.24) is 9.80 Å². The normalized spacial score (nSPS) is 36.7. The lowest BCUT2D eigenvalue weighted by Gasteiger charge is -2.24. The van der Waals surface area contributed by atoms with E-state index in [1.54, 1.807) is 0 Å². The van der Waals surface area contributed by atoms with Gasteiger partial charge in [-0.05, 0) is 38.8 Å². The molecule has 3 aliphatic rings. The first kappa shape index (κ1) is 12.2. The number of nitrogens with zero attached hydrogens (tertiary/aromatic N) is 2. The van der Waals surface area contributed by atoms with E-state index in [1.165, 1.54) is 25.9 Å². The highest BCUT2D eigenvalue weighted by Crippen LogP contribution is 2.25. The van der Waals surface area contributed by atoms with Gasteiger partial charge in [0.2, 0.25) is 5.91 Å². The van der Waals surface area contributed by atoms with Gasteiger partial charge >= 0.3 is 0 Å². The molecule has 0 aromatic rings. The Kier molecular flexibility index (Phi) is 3.39. The van der Waals surface area contributed by atoms with Crippen LogP contribution in [-0.2, 0) is 4.79 Å². The molecule has 1 amide bonds. The number of hydrogen-bond donors (Lipinski definition) is 1. The fourth-order valence-electron chi connectivity index (χ4n) is 3.49. The lowest BCUT2D eigenvalue weighted by atomic mass is 10.1. The molecule has 3 unspecified atom stereocenters. The van der Waals surface area contributed by atoms with Crippen molar-refractivity contribution >= 4 is 5.91 Å². The van der Waals surface area contributed by atoms with Crippen molar-refractivity contribution in [3.05, 3.63) is 12.2 Å². The van der Waals surface area contributed by atoms with Gasteiger partial charge in [-0.3, -0.25) is 9.69 Å². The minimum absolute atomic E-state index is 0.0392. The van der Waals surface area contributed by atoms with Crippen LogP contribution in [0.5, 0.6) is 0 Å². The predicted molar refractivity (Wildman–Crippen MR) is 71.0 cm³/mol. The number of nitrogens with two attached hydrogens (primary N) is 1. The van der Waals surface area contributed by atoms with Crippen LogP contribution in [0.1, 0.15) is 25.7 Å². The molecule has 2 N–H and O–H groups in total. The van der Waals surface area contributed by atoms with Gasteiger partial charge < -0.3 is 10.6 Å². The van der Waals surface area contributed by atoms with E-state index < -0.39 is 0 Å². The maximum absolute atomic E-state index is 12.4. The van der Waals surface area contributed by atoms with Crippen LogP contribution in [0.3, 0.4) is 0 Å². The molecule has 0 spiro atoms. The molecule has 2 aliphatic heterocycles. The van der Waals surface area contributed by atoms with E-state index in [0.717, 1.165) is 25.9 Å². The highest BCUT2D eigenvalue weighted by Gasteiger charge is 2.34. The average Bonchev–Trinajstić information content (AvgIpc) is 3.09. The molecule has 0 aromatic heterocycles. The van der Waals surface area contributed by atoms with Crippen molar-refractivity contribution in [2.24, 2.45) is 11.7 Å². The Hall–Kier alpha value is -0.870. The minimum atomic E-state index is 0.0392. The van der Waals surface area contributed by atoms with Crippen molar-refractivity contribution in [1.29, 1.82) is 0 Å². The summed E-state index contributed by atoms with van der Waals surface area (Å²) in [5.41, 5.74) is 5.82. The third kappa shape index (κ3) is 2.31. The summed E-state index contributed by atoms with van der Waals surface area (Å²) in [5.74, 6) is 0.332. The highest BCUT2D eigenvalue weighted by molar-refractivity contribution is 5.81. The molecular weight excluding hydrogens is 226 g/mol. The zero-order valence-electron chi connectivity index (χ0n) is 10.9. The molecule has 2 heterocycles. The van der Waals surface area contributed by atoms with Gasteiger partial charge in [-0.25, -0.2) is 0 Å². The molecule has 4 nitrogen and oxygen atoms in total. The van der Waals surface area contributed by atoms with Gasteiger partial charge in [-0.15, -0.1) is 0 Å². The molecule has 4 heteroatoms. The lowest BCUT2D eigenvalue weighted by Crippen LogP contribution is -2.39. The van der Waals surface area contributed by atoms with Crippen molar-refractivity contribution in [2.75, 3.05) is 26.2 Å². The molecule has 3 rings (SSSR count). The number of likely N-dealkylation sites (tertiary alicyclic amines) is 2. The second-order valence-corrected chi connectivity index (χ2v) is 5.86. The molecule has 1 aliphatic carbocycles. The van der Waals surface area contributed by atoms with Gasteiger partial charge in [0.15, 0.2) is 0 Å². The topological polar surface area (TPSA) is 49.6 Å². The van der Waals surface area contributed by atoms with Crippen LogP contribution in [-0.4, -0.2) is 54.0 Å². The number of amides is 1. The molecule has 100 valence electrons. The van der Waals surface area contributed by atoms with Gasteiger partial charge in [0, 0.05) is 25.2 Å². The number of rotatable bonds is 2. The first-order chi connectivity index (χ1) is 8.74. The molecule has 18 heavy (non-hydrogen) atoms. The highest BCUT2D eigenvalue weighted by atomic mass is 16.2. The minimum Gasteiger partial charge on any atom is -0.341 e. The van der Waals surface area contributed by atoms with Crippen molar-refractivity contribution in [2.45, 2.75) is 37.8 Å². The molecule has 0 saturated carbocycles. The monoisotopic (exact) mass is 249 g/mol. The van der Waals surface area contributed by atoms with E-state index in [1.807, 2.05) is 12.2 Å². The summed E-state index contributed by atoms with van der Waals surface area (Å²) >= 11 is 0. The third-order valence-corrected chi connectivity index (χ3v) is 4.57. The van der Waals surface area contributed by atoms with Crippen molar-refractivity contribution in [3.63, 3.8) is 0 Å². The van der Waals surface area contributed by atoms with Crippen molar-refractivity contribution < 1.29 is 4.79 Å². The van der Waals surface area contributed by atoms with Crippen molar-refractivity contribution in [3.8, 4) is 0 Å². The summed E-state index contributed by atoms with van der Waals surface area (Å²) < 4.78 is 0. The number of carbonyl (C=O) groups excluding carboxylic acids is 1. The summed E-state index contributed by atoms with van der Waals surface area (Å²) in [6.07, 6.45) is 8.56. The molecule has 2 fully saturated rings. The molecule has 0 aromatic carbocycles. The summed E-state index contributed by atoms with van der Waals surface area (Å²) in [4.78, 5) is 17.0. The molecule has 0 radical (unpaired) electrons. The molecule has 0 bridgehead atoms. The largest absolute Gasteiger partial charge is 0.341 e. The zero-order valence-corrected chi connectivity index (χ0v) is 10.9. The van der Waals surface area contributed by atoms with Crippen LogP contribution >= 0.6 is 0 Å². The standard InChI is InChI=1S/C14H23N3O/c15-12-4-3-11(9-12)14(18)17-8-5-13(10-17)16-6-1-2-7-16/h3-4,11-13H,1-2,5-10,15H2. The fraction of sp³-hybridized carbons (Fsp3) is 0.786. The quantitative estimate of drug-likeness (QED) is 0.729. The van der Waals surface area contributed by atoms with E-state index >= 15 is 0 Å². The Labute approximate surface area is 109 Å². The van der Waals surface area contributed by atoms with Gasteiger partial charge in [-0.2, -0.15) is 0 Å². The van der Waals surface area contributed by atoms with Crippen LogP contribution < -0.4 is 5.73 Å². The Bertz CT molecular complexity index is 349. The molecular formula is C14H23N3O. The first-order valence-electron chi connectivity index (χ1n) is 7.21. The lowest BCUT2D eigenvalue weighted by molar-refractivity contribution is -0.133. The number of hydrogen-bond acceptors (Lipinski definition) is 3. The zero-order chi connectivity index (χ0) is 12.5. The average molecular weight is 249 g/mol. The molecule has 2 saturated heterocycles. The van der Waals surface area contributed by atoms with Crippen LogP contribution in [0, 0.1) is 5.92 Å². The van der Waals surface area contributed by atoms with E-state index in [4.69, 9.17) is 5.73 Å². The third-order valence-electron chi connectivity index (χ3n) is 4.57. The maximum atomic E-state index is 12.4. The van der Waals surface area contributed by atoms with E-state index in [9.17, 15) is 4.79 Å². The van der Waals surface area contributed by atoms with E-state index in [2.05, 4.69) is 9.80 Å². The summed E-state index contributed by atoms with van der Waals surface area (Å²) in [6, 6.07) is 0.687. The Morgan fingerprint density at radius 2 is 1.94 bits per heavy atom. The van der Waals surface area contributed by atoms with Crippen LogP contribution in [0.4, 0.5) is 0 Å². The first-order valence-corrected chi connectivity index (χ1v) is 7.21. The number of carbonyl (C=O) groups is 1. The summed E-state index contributed by atoms with van der Waals surface area (Å²) in [5, 5.41) is 0. The Balaban J connectivity index is 1.55. The second-order valence-electron chi connectivity index (χ2n) is 5.86. The van der Waals surface area contributed by atoms with Crippen LogP contribution in [0.15, 0.2) is 12.2 Å². The van der Waals surface area contributed by atoms with E-state index in [-0.39, 0.29) is 12.0 Å². The maximum Gasteiger partial charge on any atom is 0.229 e. The van der Waals surface area contributed by atoms with Gasteiger partial charge in [0.25, 0.3) is 0 Å². The molecule has 3 atom stereocenters. The Morgan fingerprint density at radius 1 is 1.17 bits per heavy atom. The smallest absolute Gasteiger partial charge is 0.229 e. The van der Waals surface area contributed by atoms with Crippen LogP contribution in [0.25, 0.3) is 0 Å². The van der Waals surface area contributed by atoms with E-state index in [0.29, 0.717) is 11.9 Å². The van der Waals surface area contributed by atoms with Gasteiger partial charge in [0.05, 0.1) is 5.92 Å². The summed E-state index contributed by atoms with van der Waals surface area (Å²) in [6.45, 7) is 4.31.